The summed E-state index contributed by atoms with van der Waals surface area (Å²) < 4.78 is 0. The van der Waals surface area contributed by atoms with E-state index in [1.165, 1.54) is 36.1 Å². The molecule has 1 aliphatic heterocycles. The lowest BCUT2D eigenvalue weighted by molar-refractivity contribution is -0.143. The molecule has 0 aromatic heterocycles. The van der Waals surface area contributed by atoms with Crippen LogP contribution >= 0.6 is 0 Å². The lowest BCUT2D eigenvalue weighted by Crippen LogP contribution is -2.60. The molecule has 16 nitrogen and oxygen atoms in total. The zero-order chi connectivity index (χ0) is 36.3. The number of carbonyl (C=O) groups is 7. The Morgan fingerprint density at radius 2 is 1.44 bits per heavy atom. The maximum absolute atomic E-state index is 13.7. The molecule has 0 spiro atoms. The van der Waals surface area contributed by atoms with Crippen LogP contribution in [-0.4, -0.2) is 99.3 Å². The summed E-state index contributed by atoms with van der Waals surface area (Å²) in [4.78, 5) is 91.4. The van der Waals surface area contributed by atoms with Crippen molar-refractivity contribution in [1.29, 1.82) is 0 Å². The van der Waals surface area contributed by atoms with Crippen LogP contribution in [0.25, 0.3) is 0 Å². The topological polar surface area (TPSA) is 263 Å². The van der Waals surface area contributed by atoms with Crippen LogP contribution in [0.2, 0.25) is 0 Å². The van der Waals surface area contributed by atoms with Crippen molar-refractivity contribution in [1.82, 2.24) is 26.2 Å². The standard InChI is InChI=1S/C32H49N7O9/c1-16(2)13-23(32(47)48)37-29(44)22(15-25(34)41)35-28(43)21(14-19-8-10-20(40)11-9-19)36-30(45)24-7-6-12-39(24)31(46)26(17(3)4)38-27(42)18(5)33/h8-11,16-18,21-24,26,40H,6-7,12-15,33H2,1-5H3,(H2,34,41)(H,35,43)(H,36,45)(H,37,44)(H,38,42)(H,47,48)/t18-,21-,22-,23-,24-,26-/m0/s1. The fourth-order valence-electron chi connectivity index (χ4n) is 5.27. The number of nitrogens with two attached hydrogens (primary N) is 2. The Hall–Kier alpha value is -4.73. The van der Waals surface area contributed by atoms with Gasteiger partial charge < -0.3 is 47.8 Å². The molecule has 6 atom stereocenters. The number of carboxylic acids is 1. The molecule has 0 bridgehead atoms. The van der Waals surface area contributed by atoms with Crippen LogP contribution < -0.4 is 32.7 Å². The van der Waals surface area contributed by atoms with Crippen molar-refractivity contribution in [3.8, 4) is 5.75 Å². The molecule has 1 saturated heterocycles. The van der Waals surface area contributed by atoms with E-state index in [1.54, 1.807) is 27.7 Å². The molecule has 2 rings (SSSR count). The van der Waals surface area contributed by atoms with Gasteiger partial charge in [0.1, 0.15) is 36.0 Å². The van der Waals surface area contributed by atoms with E-state index < -0.39 is 84.1 Å². The second-order valence-electron chi connectivity index (χ2n) is 12.9. The summed E-state index contributed by atoms with van der Waals surface area (Å²) in [5, 5.41) is 29.4. The number of carboxylic acid groups (broad SMARTS) is 1. The van der Waals surface area contributed by atoms with Crippen LogP contribution in [0, 0.1) is 11.8 Å². The average molecular weight is 676 g/mol. The van der Waals surface area contributed by atoms with Gasteiger partial charge in [-0.15, -0.1) is 0 Å². The highest BCUT2D eigenvalue weighted by atomic mass is 16.4. The Morgan fingerprint density at radius 3 is 1.96 bits per heavy atom. The molecule has 1 aromatic carbocycles. The summed E-state index contributed by atoms with van der Waals surface area (Å²) in [5.74, 6) is -6.21. The van der Waals surface area contributed by atoms with Gasteiger partial charge >= 0.3 is 5.97 Å². The Labute approximate surface area is 279 Å². The normalized spacial score (nSPS) is 17.5. The van der Waals surface area contributed by atoms with Crippen molar-refractivity contribution in [3.05, 3.63) is 29.8 Å². The fraction of sp³-hybridized carbons (Fsp3) is 0.594. The number of carbonyl (C=O) groups excluding carboxylic acids is 6. The van der Waals surface area contributed by atoms with E-state index in [9.17, 15) is 43.8 Å². The third kappa shape index (κ3) is 11.8. The summed E-state index contributed by atoms with van der Waals surface area (Å²) in [6, 6.07) is -1.18. The van der Waals surface area contributed by atoms with Crippen LogP contribution in [0.1, 0.15) is 65.9 Å². The number of nitrogens with one attached hydrogen (secondary N) is 4. The lowest BCUT2D eigenvalue weighted by Gasteiger charge is -2.31. The molecule has 1 aromatic rings. The summed E-state index contributed by atoms with van der Waals surface area (Å²) in [7, 11) is 0. The Kier molecular flexibility index (Phi) is 14.8. The first kappa shape index (κ1) is 39.4. The first-order valence-electron chi connectivity index (χ1n) is 16.0. The van der Waals surface area contributed by atoms with Gasteiger partial charge in [0.05, 0.1) is 12.5 Å². The van der Waals surface area contributed by atoms with Gasteiger partial charge in [0.25, 0.3) is 0 Å². The van der Waals surface area contributed by atoms with Crippen LogP contribution in [0.5, 0.6) is 5.75 Å². The summed E-state index contributed by atoms with van der Waals surface area (Å²) in [6.45, 7) is 8.72. The summed E-state index contributed by atoms with van der Waals surface area (Å²) >= 11 is 0. The van der Waals surface area contributed by atoms with Gasteiger partial charge in [-0.2, -0.15) is 0 Å². The third-order valence-electron chi connectivity index (χ3n) is 7.85. The van der Waals surface area contributed by atoms with Crippen molar-refractivity contribution in [2.75, 3.05) is 6.54 Å². The van der Waals surface area contributed by atoms with E-state index in [4.69, 9.17) is 11.5 Å². The predicted molar refractivity (Wildman–Crippen MR) is 174 cm³/mol. The number of rotatable bonds is 17. The highest BCUT2D eigenvalue weighted by Crippen LogP contribution is 2.21. The molecule has 0 radical (unpaired) electrons. The van der Waals surface area contributed by atoms with Crippen molar-refractivity contribution in [3.63, 3.8) is 0 Å². The van der Waals surface area contributed by atoms with Crippen molar-refractivity contribution in [2.45, 2.75) is 103 Å². The molecule has 16 heteroatoms. The predicted octanol–water partition coefficient (Wildman–Crippen LogP) is -1.13. The zero-order valence-electron chi connectivity index (χ0n) is 28.0. The monoisotopic (exact) mass is 675 g/mol. The second kappa shape index (κ2) is 18.0. The molecule has 6 amide bonds. The Morgan fingerprint density at radius 1 is 0.854 bits per heavy atom. The van der Waals surface area contributed by atoms with Crippen LogP contribution in [-0.2, 0) is 40.0 Å². The number of primary amides is 1. The molecule has 1 fully saturated rings. The largest absolute Gasteiger partial charge is 0.508 e. The lowest BCUT2D eigenvalue weighted by atomic mass is 10.0. The maximum atomic E-state index is 13.7. The zero-order valence-corrected chi connectivity index (χ0v) is 28.0. The number of nitrogens with zero attached hydrogens (tertiary/aromatic N) is 1. The van der Waals surface area contributed by atoms with Gasteiger partial charge in [0.2, 0.25) is 35.4 Å². The van der Waals surface area contributed by atoms with E-state index >= 15 is 0 Å². The number of hydrogen-bond acceptors (Lipinski definition) is 9. The van der Waals surface area contributed by atoms with E-state index in [1.807, 2.05) is 0 Å². The molecular weight excluding hydrogens is 626 g/mol. The molecule has 0 aliphatic carbocycles. The van der Waals surface area contributed by atoms with Crippen LogP contribution in [0.15, 0.2) is 24.3 Å². The highest BCUT2D eigenvalue weighted by Gasteiger charge is 2.40. The number of aliphatic carboxylic acids is 1. The van der Waals surface area contributed by atoms with E-state index in [0.717, 1.165) is 0 Å². The first-order valence-corrected chi connectivity index (χ1v) is 16.0. The number of phenolic OH excluding ortho intramolecular Hbond substituents is 1. The molecule has 266 valence electrons. The van der Waals surface area contributed by atoms with Gasteiger partial charge in [0, 0.05) is 13.0 Å². The van der Waals surface area contributed by atoms with Crippen molar-refractivity contribution < 1.29 is 43.8 Å². The molecule has 1 heterocycles. The number of aromatic hydroxyl groups is 1. The Balaban J connectivity index is 2.35. The molecule has 0 unspecified atom stereocenters. The quantitative estimate of drug-likeness (QED) is 0.0985. The van der Waals surface area contributed by atoms with E-state index in [2.05, 4.69) is 21.3 Å². The maximum Gasteiger partial charge on any atom is 0.326 e. The molecular formula is C32H49N7O9. The third-order valence-corrected chi connectivity index (χ3v) is 7.85. The Bertz CT molecular complexity index is 1330. The number of amides is 6. The van der Waals surface area contributed by atoms with Crippen LogP contribution in [0.3, 0.4) is 0 Å². The smallest absolute Gasteiger partial charge is 0.326 e. The second-order valence-corrected chi connectivity index (χ2v) is 12.9. The number of hydrogen-bond donors (Lipinski definition) is 8. The van der Waals surface area contributed by atoms with Crippen LogP contribution in [0.4, 0.5) is 0 Å². The van der Waals surface area contributed by atoms with Gasteiger partial charge in [-0.3, -0.25) is 28.8 Å². The molecule has 48 heavy (non-hydrogen) atoms. The average Bonchev–Trinajstić information content (AvgIpc) is 3.49. The summed E-state index contributed by atoms with van der Waals surface area (Å²) in [6.07, 6.45) is 0.0672. The molecule has 10 N–H and O–H groups in total. The number of likely N-dealkylation sites (tertiary alicyclic amines) is 1. The van der Waals surface area contributed by atoms with E-state index in [0.29, 0.717) is 12.0 Å². The van der Waals surface area contributed by atoms with Crippen molar-refractivity contribution in [2.24, 2.45) is 23.3 Å². The highest BCUT2D eigenvalue weighted by molar-refractivity contribution is 5.97. The summed E-state index contributed by atoms with van der Waals surface area (Å²) in [5.41, 5.74) is 11.5. The van der Waals surface area contributed by atoms with Gasteiger partial charge in [0.15, 0.2) is 0 Å². The minimum Gasteiger partial charge on any atom is -0.508 e. The van der Waals surface area contributed by atoms with Crippen molar-refractivity contribution >= 4 is 41.4 Å². The minimum absolute atomic E-state index is 0.0349. The number of phenols is 1. The SMILES string of the molecule is CC(C)C[C@H](NC(=O)[C@H](CC(N)=O)NC(=O)[C@H](Cc1ccc(O)cc1)NC(=O)[C@@H]1CCCN1C(=O)[C@@H](NC(=O)[C@H](C)N)C(C)C)C(=O)O. The van der Waals surface area contributed by atoms with Gasteiger partial charge in [-0.25, -0.2) is 4.79 Å². The van der Waals surface area contributed by atoms with E-state index in [-0.39, 0.29) is 43.4 Å². The number of benzene rings is 1. The minimum atomic E-state index is -1.56. The molecule has 1 aliphatic rings. The van der Waals surface area contributed by atoms with Gasteiger partial charge in [-0.1, -0.05) is 39.8 Å². The van der Waals surface area contributed by atoms with Gasteiger partial charge in [-0.05, 0) is 55.7 Å². The molecule has 0 saturated carbocycles. The first-order chi connectivity index (χ1) is 22.4. The fourth-order valence-corrected chi connectivity index (χ4v) is 5.27.